The maximum absolute atomic E-state index is 3.62. The first-order chi connectivity index (χ1) is 6.25. The van der Waals surface area contributed by atoms with Crippen LogP contribution in [0.1, 0.15) is 32.6 Å². The van der Waals surface area contributed by atoms with Crippen LogP contribution < -0.4 is 5.32 Å². The number of hydrogen-bond donors (Lipinski definition) is 1. The predicted octanol–water partition coefficient (Wildman–Crippen LogP) is 1.47. The average Bonchev–Trinajstić information content (AvgIpc) is 2.85. The van der Waals surface area contributed by atoms with Crippen molar-refractivity contribution in [3.05, 3.63) is 0 Å². The molecular weight excluding hydrogens is 160 g/mol. The highest BCUT2D eigenvalue weighted by atomic mass is 15.2. The molecule has 76 valence electrons. The standard InChI is InChI=1S/C11H22N2/c1-9-5-6-12-10(7-9)8-13(2)11-3-4-11/h9-12H,3-8H2,1-2H3. The second-order valence-electron chi connectivity index (χ2n) is 4.95. The van der Waals surface area contributed by atoms with Crippen molar-refractivity contribution in [2.45, 2.75) is 44.7 Å². The number of piperidine rings is 1. The summed E-state index contributed by atoms with van der Waals surface area (Å²) in [6.07, 6.45) is 5.60. The molecule has 0 radical (unpaired) electrons. The van der Waals surface area contributed by atoms with Gasteiger partial charge in [0.25, 0.3) is 0 Å². The third-order valence-corrected chi connectivity index (χ3v) is 3.44. The van der Waals surface area contributed by atoms with E-state index in [4.69, 9.17) is 0 Å². The zero-order valence-electron chi connectivity index (χ0n) is 8.92. The molecule has 1 heterocycles. The summed E-state index contributed by atoms with van der Waals surface area (Å²) < 4.78 is 0. The van der Waals surface area contributed by atoms with Gasteiger partial charge in [0, 0.05) is 18.6 Å². The van der Waals surface area contributed by atoms with Gasteiger partial charge in [0.15, 0.2) is 0 Å². The third-order valence-electron chi connectivity index (χ3n) is 3.44. The summed E-state index contributed by atoms with van der Waals surface area (Å²) in [6.45, 7) is 4.87. The van der Waals surface area contributed by atoms with E-state index in [9.17, 15) is 0 Å². The number of rotatable bonds is 3. The molecule has 0 aromatic rings. The largest absolute Gasteiger partial charge is 0.313 e. The molecule has 1 aliphatic carbocycles. The van der Waals surface area contributed by atoms with Crippen LogP contribution in [0.4, 0.5) is 0 Å². The molecule has 2 unspecified atom stereocenters. The molecule has 13 heavy (non-hydrogen) atoms. The summed E-state index contributed by atoms with van der Waals surface area (Å²) in [5.41, 5.74) is 0. The van der Waals surface area contributed by atoms with Gasteiger partial charge in [-0.2, -0.15) is 0 Å². The van der Waals surface area contributed by atoms with Crippen LogP contribution in [0.2, 0.25) is 0 Å². The van der Waals surface area contributed by atoms with Gasteiger partial charge in [-0.1, -0.05) is 6.92 Å². The Labute approximate surface area is 81.7 Å². The Morgan fingerprint density at radius 2 is 2.08 bits per heavy atom. The lowest BCUT2D eigenvalue weighted by Gasteiger charge is -2.31. The van der Waals surface area contributed by atoms with Gasteiger partial charge in [-0.25, -0.2) is 0 Å². The molecule has 1 saturated heterocycles. The third kappa shape index (κ3) is 2.68. The molecule has 0 aromatic heterocycles. The first-order valence-corrected chi connectivity index (χ1v) is 5.69. The van der Waals surface area contributed by atoms with E-state index in [-0.39, 0.29) is 0 Å². The summed E-state index contributed by atoms with van der Waals surface area (Å²) in [5.74, 6) is 0.929. The summed E-state index contributed by atoms with van der Waals surface area (Å²) in [5, 5.41) is 3.62. The van der Waals surface area contributed by atoms with Gasteiger partial charge in [-0.05, 0) is 45.2 Å². The number of hydrogen-bond acceptors (Lipinski definition) is 2. The molecule has 0 bridgehead atoms. The van der Waals surface area contributed by atoms with Crippen molar-refractivity contribution in [2.75, 3.05) is 20.1 Å². The van der Waals surface area contributed by atoms with Crippen molar-refractivity contribution in [3.8, 4) is 0 Å². The normalized spacial score (nSPS) is 35.3. The number of likely N-dealkylation sites (N-methyl/N-ethyl adjacent to an activating group) is 1. The van der Waals surface area contributed by atoms with E-state index in [0.29, 0.717) is 0 Å². The smallest absolute Gasteiger partial charge is 0.0197 e. The Hall–Kier alpha value is -0.0800. The Balaban J connectivity index is 1.73. The van der Waals surface area contributed by atoms with Gasteiger partial charge in [-0.15, -0.1) is 0 Å². The SMILES string of the molecule is CC1CCNC(CN(C)C2CC2)C1. The van der Waals surface area contributed by atoms with Gasteiger partial charge in [-0.3, -0.25) is 0 Å². The van der Waals surface area contributed by atoms with Crippen LogP contribution in [0.5, 0.6) is 0 Å². The number of nitrogens with zero attached hydrogens (tertiary/aromatic N) is 1. The Kier molecular flexibility index (Phi) is 2.89. The lowest BCUT2D eigenvalue weighted by Crippen LogP contribution is -2.45. The molecule has 2 nitrogen and oxygen atoms in total. The van der Waals surface area contributed by atoms with E-state index in [1.54, 1.807) is 0 Å². The van der Waals surface area contributed by atoms with E-state index >= 15 is 0 Å². The van der Waals surface area contributed by atoms with E-state index in [1.165, 1.54) is 38.8 Å². The molecule has 1 aliphatic heterocycles. The first-order valence-electron chi connectivity index (χ1n) is 5.69. The van der Waals surface area contributed by atoms with Crippen molar-refractivity contribution in [2.24, 2.45) is 5.92 Å². The summed E-state index contributed by atoms with van der Waals surface area (Å²) in [4.78, 5) is 2.54. The van der Waals surface area contributed by atoms with Gasteiger partial charge in [0.2, 0.25) is 0 Å². The molecule has 2 rings (SSSR count). The Morgan fingerprint density at radius 3 is 2.69 bits per heavy atom. The lowest BCUT2D eigenvalue weighted by atomic mass is 9.94. The van der Waals surface area contributed by atoms with Crippen LogP contribution in [0.25, 0.3) is 0 Å². The van der Waals surface area contributed by atoms with Gasteiger partial charge < -0.3 is 10.2 Å². The van der Waals surface area contributed by atoms with Gasteiger partial charge in [0.05, 0.1) is 0 Å². The Bertz CT molecular complexity index is 165. The molecule has 2 aliphatic rings. The van der Waals surface area contributed by atoms with Crippen molar-refractivity contribution in [1.82, 2.24) is 10.2 Å². The second kappa shape index (κ2) is 3.97. The van der Waals surface area contributed by atoms with Crippen LogP contribution in [-0.2, 0) is 0 Å². The zero-order chi connectivity index (χ0) is 9.26. The van der Waals surface area contributed by atoms with Crippen molar-refractivity contribution >= 4 is 0 Å². The molecule has 0 amide bonds. The minimum absolute atomic E-state index is 0.759. The minimum Gasteiger partial charge on any atom is -0.313 e. The maximum Gasteiger partial charge on any atom is 0.0197 e. The topological polar surface area (TPSA) is 15.3 Å². The quantitative estimate of drug-likeness (QED) is 0.711. The molecular formula is C11H22N2. The van der Waals surface area contributed by atoms with Crippen molar-refractivity contribution in [1.29, 1.82) is 0 Å². The van der Waals surface area contributed by atoms with E-state index in [0.717, 1.165) is 18.0 Å². The highest BCUT2D eigenvalue weighted by Crippen LogP contribution is 2.26. The number of nitrogens with one attached hydrogen (secondary N) is 1. The van der Waals surface area contributed by atoms with Crippen molar-refractivity contribution in [3.63, 3.8) is 0 Å². The fourth-order valence-electron chi connectivity index (χ4n) is 2.37. The van der Waals surface area contributed by atoms with Gasteiger partial charge in [0.1, 0.15) is 0 Å². The van der Waals surface area contributed by atoms with E-state index in [2.05, 4.69) is 24.2 Å². The molecule has 1 N–H and O–H groups in total. The molecule has 2 heteroatoms. The predicted molar refractivity (Wildman–Crippen MR) is 55.8 cm³/mol. The fraction of sp³-hybridized carbons (Fsp3) is 1.00. The highest BCUT2D eigenvalue weighted by Gasteiger charge is 2.28. The molecule has 0 aromatic carbocycles. The van der Waals surface area contributed by atoms with Crippen molar-refractivity contribution < 1.29 is 0 Å². The van der Waals surface area contributed by atoms with Crippen LogP contribution in [0, 0.1) is 5.92 Å². The van der Waals surface area contributed by atoms with Crippen LogP contribution in [0.15, 0.2) is 0 Å². The van der Waals surface area contributed by atoms with E-state index in [1.807, 2.05) is 0 Å². The molecule has 0 spiro atoms. The summed E-state index contributed by atoms with van der Waals surface area (Å²) >= 11 is 0. The summed E-state index contributed by atoms with van der Waals surface area (Å²) in [7, 11) is 2.28. The van der Waals surface area contributed by atoms with Crippen LogP contribution in [0.3, 0.4) is 0 Å². The van der Waals surface area contributed by atoms with Crippen LogP contribution >= 0.6 is 0 Å². The molecule has 2 atom stereocenters. The first kappa shape index (κ1) is 9.47. The molecule has 2 fully saturated rings. The molecule has 1 saturated carbocycles. The fourth-order valence-corrected chi connectivity index (χ4v) is 2.37. The van der Waals surface area contributed by atoms with E-state index < -0.39 is 0 Å². The Morgan fingerprint density at radius 1 is 1.31 bits per heavy atom. The van der Waals surface area contributed by atoms with Gasteiger partial charge >= 0.3 is 0 Å². The highest BCUT2D eigenvalue weighted by molar-refractivity contribution is 4.86. The second-order valence-corrected chi connectivity index (χ2v) is 4.95. The minimum atomic E-state index is 0.759. The zero-order valence-corrected chi connectivity index (χ0v) is 8.92. The lowest BCUT2D eigenvalue weighted by molar-refractivity contribution is 0.229. The summed E-state index contributed by atoms with van der Waals surface area (Å²) in [6, 6.07) is 1.67. The average molecular weight is 182 g/mol. The van der Waals surface area contributed by atoms with Crippen LogP contribution in [-0.4, -0.2) is 37.1 Å². The monoisotopic (exact) mass is 182 g/mol. The maximum atomic E-state index is 3.62.